The van der Waals surface area contributed by atoms with Crippen LogP contribution in [0.2, 0.25) is 0 Å². The summed E-state index contributed by atoms with van der Waals surface area (Å²) in [5.41, 5.74) is 0.953. The number of ether oxygens (including phenoxy) is 2. The molecule has 22 heavy (non-hydrogen) atoms. The molecule has 1 aliphatic rings. The Hall–Kier alpha value is -1.76. The molecule has 4 nitrogen and oxygen atoms in total. The number of rotatable bonds is 4. The predicted octanol–water partition coefficient (Wildman–Crippen LogP) is 2.42. The number of benzene rings is 1. The van der Waals surface area contributed by atoms with Crippen molar-refractivity contribution in [2.45, 2.75) is 25.1 Å². The Morgan fingerprint density at radius 1 is 1.45 bits per heavy atom. The fraction of sp³-hybridized carbons (Fsp3) is 0.533. The van der Waals surface area contributed by atoms with E-state index >= 15 is 0 Å². The van der Waals surface area contributed by atoms with Crippen LogP contribution in [0.15, 0.2) is 24.3 Å². The number of carbonyl (C=O) groups excluding carboxylic acids is 1. The molecule has 1 saturated heterocycles. The van der Waals surface area contributed by atoms with E-state index in [1.165, 1.54) is 4.90 Å². The maximum absolute atomic E-state index is 12.3. The van der Waals surface area contributed by atoms with Crippen molar-refractivity contribution >= 4 is 5.91 Å². The molecule has 7 heteroatoms. The van der Waals surface area contributed by atoms with Crippen molar-refractivity contribution in [3.05, 3.63) is 29.8 Å². The van der Waals surface area contributed by atoms with E-state index in [-0.39, 0.29) is 25.8 Å². The Morgan fingerprint density at radius 3 is 2.91 bits per heavy atom. The molecule has 1 atom stereocenters. The molecule has 1 heterocycles. The number of nitrogens with zero attached hydrogens (tertiary/aromatic N) is 1. The van der Waals surface area contributed by atoms with Gasteiger partial charge in [-0.05, 0) is 17.7 Å². The number of hydrogen-bond donors (Lipinski definition) is 0. The van der Waals surface area contributed by atoms with Gasteiger partial charge in [-0.1, -0.05) is 12.1 Å². The van der Waals surface area contributed by atoms with Crippen molar-refractivity contribution < 1.29 is 27.4 Å². The summed E-state index contributed by atoms with van der Waals surface area (Å²) in [7, 11) is 1.56. The number of amides is 1. The van der Waals surface area contributed by atoms with E-state index in [1.807, 2.05) is 24.3 Å². The second-order valence-corrected chi connectivity index (χ2v) is 5.18. The summed E-state index contributed by atoms with van der Waals surface area (Å²) >= 11 is 0. The molecule has 0 radical (unpaired) electrons. The molecular formula is C15H18F3NO3. The van der Waals surface area contributed by atoms with Crippen LogP contribution >= 0.6 is 0 Å². The van der Waals surface area contributed by atoms with Crippen LogP contribution in [0.25, 0.3) is 0 Å². The Bertz CT molecular complexity index is 519. The van der Waals surface area contributed by atoms with Crippen LogP contribution in [0.4, 0.5) is 13.2 Å². The van der Waals surface area contributed by atoms with Gasteiger partial charge in [-0.15, -0.1) is 0 Å². The highest BCUT2D eigenvalue weighted by Gasteiger charge is 2.35. The predicted molar refractivity (Wildman–Crippen MR) is 73.7 cm³/mol. The minimum Gasteiger partial charge on any atom is -0.497 e. The molecule has 2 rings (SSSR count). The fourth-order valence-electron chi connectivity index (χ4n) is 2.41. The minimum absolute atomic E-state index is 0.173. The molecule has 0 N–H and O–H groups in total. The Labute approximate surface area is 126 Å². The average Bonchev–Trinajstić information content (AvgIpc) is 2.46. The lowest BCUT2D eigenvalue weighted by Crippen LogP contribution is -2.47. The quantitative estimate of drug-likeness (QED) is 0.856. The molecule has 0 saturated carbocycles. The fourth-order valence-corrected chi connectivity index (χ4v) is 2.41. The topological polar surface area (TPSA) is 38.8 Å². The first-order valence-corrected chi connectivity index (χ1v) is 6.96. The van der Waals surface area contributed by atoms with Gasteiger partial charge >= 0.3 is 6.18 Å². The smallest absolute Gasteiger partial charge is 0.397 e. The van der Waals surface area contributed by atoms with E-state index in [1.54, 1.807) is 7.11 Å². The first-order valence-electron chi connectivity index (χ1n) is 6.96. The Kier molecular flexibility index (Phi) is 5.28. The second-order valence-electron chi connectivity index (χ2n) is 5.18. The average molecular weight is 317 g/mol. The molecule has 0 aliphatic carbocycles. The number of halogens is 3. The Morgan fingerprint density at radius 2 is 2.23 bits per heavy atom. The van der Waals surface area contributed by atoms with E-state index in [4.69, 9.17) is 9.47 Å². The van der Waals surface area contributed by atoms with Crippen LogP contribution < -0.4 is 4.74 Å². The molecule has 0 bridgehead atoms. The van der Waals surface area contributed by atoms with Gasteiger partial charge in [-0.3, -0.25) is 4.79 Å². The summed E-state index contributed by atoms with van der Waals surface area (Å²) < 4.78 is 47.6. The third-order valence-electron chi connectivity index (χ3n) is 3.44. The van der Waals surface area contributed by atoms with Crippen LogP contribution in [0.1, 0.15) is 12.0 Å². The SMILES string of the molecule is COc1cccc(C[C@H]2CN(C(=O)CC(F)(F)F)CCO2)c1. The lowest BCUT2D eigenvalue weighted by molar-refractivity contribution is -0.166. The van der Waals surface area contributed by atoms with Crippen LogP contribution in [0.3, 0.4) is 0 Å². The number of carbonyl (C=O) groups is 1. The van der Waals surface area contributed by atoms with Crippen molar-refractivity contribution in [2.24, 2.45) is 0 Å². The van der Waals surface area contributed by atoms with Crippen LogP contribution in [-0.2, 0) is 16.0 Å². The highest BCUT2D eigenvalue weighted by molar-refractivity contribution is 5.77. The van der Waals surface area contributed by atoms with Crippen LogP contribution in [-0.4, -0.2) is 49.9 Å². The molecule has 1 aromatic rings. The molecule has 0 unspecified atom stereocenters. The first kappa shape index (κ1) is 16.6. The van der Waals surface area contributed by atoms with E-state index in [2.05, 4.69) is 0 Å². The summed E-state index contributed by atoms with van der Waals surface area (Å²) in [4.78, 5) is 12.9. The van der Waals surface area contributed by atoms with Gasteiger partial charge < -0.3 is 14.4 Å². The molecule has 0 aromatic heterocycles. The molecular weight excluding hydrogens is 299 g/mol. The first-order chi connectivity index (χ1) is 10.4. The standard InChI is InChI=1S/C15H18F3NO3/c1-21-12-4-2-3-11(7-12)8-13-10-19(5-6-22-13)14(20)9-15(16,17)18/h2-4,7,13H,5-6,8-10H2,1H3/t13-/m0/s1. The van der Waals surface area contributed by atoms with Gasteiger partial charge in [0.1, 0.15) is 12.2 Å². The zero-order valence-electron chi connectivity index (χ0n) is 12.2. The van der Waals surface area contributed by atoms with Crippen molar-refractivity contribution in [1.82, 2.24) is 4.90 Å². The van der Waals surface area contributed by atoms with Gasteiger partial charge in [-0.25, -0.2) is 0 Å². The highest BCUT2D eigenvalue weighted by atomic mass is 19.4. The van der Waals surface area contributed by atoms with Gasteiger partial charge in [0.15, 0.2) is 0 Å². The zero-order valence-corrected chi connectivity index (χ0v) is 12.2. The molecule has 0 spiro atoms. The molecule has 1 fully saturated rings. The maximum Gasteiger partial charge on any atom is 0.397 e. The third-order valence-corrected chi connectivity index (χ3v) is 3.44. The number of morpholine rings is 1. The second kappa shape index (κ2) is 7.00. The van der Waals surface area contributed by atoms with E-state index in [0.29, 0.717) is 12.2 Å². The van der Waals surface area contributed by atoms with E-state index in [9.17, 15) is 18.0 Å². The van der Waals surface area contributed by atoms with Gasteiger partial charge in [0.2, 0.25) is 5.91 Å². The van der Waals surface area contributed by atoms with Crippen LogP contribution in [0, 0.1) is 0 Å². The number of alkyl halides is 3. The van der Waals surface area contributed by atoms with Crippen molar-refractivity contribution in [3.63, 3.8) is 0 Å². The summed E-state index contributed by atoms with van der Waals surface area (Å²) in [5, 5.41) is 0. The number of hydrogen-bond acceptors (Lipinski definition) is 3. The van der Waals surface area contributed by atoms with Gasteiger partial charge in [0.05, 0.1) is 19.8 Å². The zero-order chi connectivity index (χ0) is 16.2. The van der Waals surface area contributed by atoms with Crippen LogP contribution in [0.5, 0.6) is 5.75 Å². The summed E-state index contributed by atoms with van der Waals surface area (Å²) in [6.45, 7) is 0.619. The lowest BCUT2D eigenvalue weighted by Gasteiger charge is -2.33. The van der Waals surface area contributed by atoms with Gasteiger partial charge in [-0.2, -0.15) is 13.2 Å². The minimum atomic E-state index is -4.47. The van der Waals surface area contributed by atoms with Gasteiger partial charge in [0.25, 0.3) is 0 Å². The number of methoxy groups -OCH3 is 1. The summed E-state index contributed by atoms with van der Waals surface area (Å²) in [6, 6.07) is 7.39. The van der Waals surface area contributed by atoms with E-state index in [0.717, 1.165) is 5.56 Å². The van der Waals surface area contributed by atoms with Gasteiger partial charge in [0, 0.05) is 19.5 Å². The molecule has 1 aliphatic heterocycles. The molecule has 122 valence electrons. The van der Waals surface area contributed by atoms with Crippen molar-refractivity contribution in [1.29, 1.82) is 0 Å². The lowest BCUT2D eigenvalue weighted by atomic mass is 10.1. The van der Waals surface area contributed by atoms with Crippen molar-refractivity contribution in [2.75, 3.05) is 26.8 Å². The summed E-state index contributed by atoms with van der Waals surface area (Å²) in [5.74, 6) is -0.190. The maximum atomic E-state index is 12.3. The Balaban J connectivity index is 1.94. The third kappa shape index (κ3) is 4.91. The largest absolute Gasteiger partial charge is 0.497 e. The molecule has 1 aromatic carbocycles. The summed E-state index contributed by atoms with van der Waals surface area (Å²) in [6.07, 6.45) is -5.68. The molecule has 1 amide bonds. The normalized spacial score (nSPS) is 19.1. The van der Waals surface area contributed by atoms with E-state index < -0.39 is 18.5 Å². The highest BCUT2D eigenvalue weighted by Crippen LogP contribution is 2.22. The monoisotopic (exact) mass is 317 g/mol. The van der Waals surface area contributed by atoms with Crippen molar-refractivity contribution in [3.8, 4) is 5.75 Å².